The molecule has 27 heavy (non-hydrogen) atoms. The van der Waals surface area contributed by atoms with Crippen LogP contribution in [0.2, 0.25) is 0 Å². The predicted molar refractivity (Wildman–Crippen MR) is 107 cm³/mol. The Morgan fingerprint density at radius 3 is 1.48 bits per heavy atom. The minimum Gasteiger partial charge on any atom is -0.322 e. The van der Waals surface area contributed by atoms with Crippen molar-refractivity contribution < 1.29 is 4.79 Å². The first-order valence-electron chi connectivity index (χ1n) is 8.62. The zero-order valence-corrected chi connectivity index (χ0v) is 14.5. The van der Waals surface area contributed by atoms with Gasteiger partial charge >= 0.3 is 0 Å². The minimum absolute atomic E-state index is 0.138. The summed E-state index contributed by atoms with van der Waals surface area (Å²) in [5, 5.41) is 2.86. The Hall–Kier alpha value is -3.79. The van der Waals surface area contributed by atoms with Crippen molar-refractivity contribution in [3.05, 3.63) is 103 Å². The van der Waals surface area contributed by atoms with Gasteiger partial charge in [-0.1, -0.05) is 36.4 Å². The number of nitrogens with one attached hydrogen (secondary N) is 1. The third-order valence-electron chi connectivity index (χ3n) is 4.32. The van der Waals surface area contributed by atoms with Crippen molar-refractivity contribution in [3.8, 4) is 22.3 Å². The normalized spacial score (nSPS) is 10.4. The van der Waals surface area contributed by atoms with Crippen LogP contribution in [-0.2, 0) is 0 Å². The number of carbonyl (C=O) groups is 1. The van der Waals surface area contributed by atoms with Gasteiger partial charge in [0.25, 0.3) is 5.91 Å². The monoisotopic (exact) mass is 351 g/mol. The molecule has 1 N–H and O–H groups in total. The Balaban J connectivity index is 1.49. The van der Waals surface area contributed by atoms with E-state index in [1.807, 2.05) is 36.4 Å². The summed E-state index contributed by atoms with van der Waals surface area (Å²) in [5.74, 6) is -0.138. The van der Waals surface area contributed by atoms with Crippen molar-refractivity contribution in [2.45, 2.75) is 0 Å². The summed E-state index contributed by atoms with van der Waals surface area (Å²) >= 11 is 0. The third-order valence-corrected chi connectivity index (χ3v) is 4.32. The van der Waals surface area contributed by atoms with Crippen LogP contribution >= 0.6 is 0 Å². The van der Waals surface area contributed by atoms with E-state index in [-0.39, 0.29) is 5.91 Å². The van der Waals surface area contributed by atoms with E-state index in [9.17, 15) is 4.79 Å². The highest BCUT2D eigenvalue weighted by molar-refractivity contribution is 6.04. The first-order chi connectivity index (χ1) is 13.3. The molecule has 0 aliphatic rings. The van der Waals surface area contributed by atoms with Crippen LogP contribution < -0.4 is 5.32 Å². The molecule has 4 rings (SSSR count). The van der Waals surface area contributed by atoms with E-state index in [1.165, 1.54) is 0 Å². The van der Waals surface area contributed by atoms with E-state index in [4.69, 9.17) is 0 Å². The van der Waals surface area contributed by atoms with Crippen LogP contribution in [0.15, 0.2) is 97.6 Å². The van der Waals surface area contributed by atoms with Gasteiger partial charge in [0.1, 0.15) is 0 Å². The highest BCUT2D eigenvalue weighted by atomic mass is 16.1. The van der Waals surface area contributed by atoms with Gasteiger partial charge in [0.2, 0.25) is 0 Å². The maximum atomic E-state index is 12.3. The predicted octanol–water partition coefficient (Wildman–Crippen LogP) is 5.06. The number of amides is 1. The highest BCUT2D eigenvalue weighted by Gasteiger charge is 2.07. The second-order valence-corrected chi connectivity index (χ2v) is 6.08. The Morgan fingerprint density at radius 1 is 0.556 bits per heavy atom. The molecule has 0 saturated heterocycles. The fourth-order valence-electron chi connectivity index (χ4n) is 2.85. The standard InChI is InChI=1S/C23H17N3O/c27-23(26-22-11-15-25-16-12-22)21-7-5-18(6-8-21)17-1-3-19(4-2-17)20-9-13-24-14-10-20/h1-16H,(H,25,26,27). The van der Waals surface area contributed by atoms with E-state index >= 15 is 0 Å². The van der Waals surface area contributed by atoms with Crippen LogP contribution in [0.25, 0.3) is 22.3 Å². The first-order valence-corrected chi connectivity index (χ1v) is 8.62. The fourth-order valence-corrected chi connectivity index (χ4v) is 2.85. The Labute approximate surface area is 157 Å². The van der Waals surface area contributed by atoms with Gasteiger partial charge in [-0.15, -0.1) is 0 Å². The van der Waals surface area contributed by atoms with Crippen LogP contribution in [0.3, 0.4) is 0 Å². The summed E-state index contributed by atoms with van der Waals surface area (Å²) in [4.78, 5) is 20.3. The maximum Gasteiger partial charge on any atom is 0.255 e. The van der Waals surface area contributed by atoms with Gasteiger partial charge in [-0.25, -0.2) is 0 Å². The number of hydrogen-bond donors (Lipinski definition) is 1. The quantitative estimate of drug-likeness (QED) is 0.559. The Bertz CT molecular complexity index is 1030. The molecule has 0 atom stereocenters. The number of anilines is 1. The summed E-state index contributed by atoms with van der Waals surface area (Å²) in [6.07, 6.45) is 6.88. The zero-order valence-electron chi connectivity index (χ0n) is 14.5. The molecule has 2 aromatic carbocycles. The number of carbonyl (C=O) groups excluding carboxylic acids is 1. The molecule has 2 heterocycles. The number of pyridine rings is 2. The van der Waals surface area contributed by atoms with Gasteiger partial charge < -0.3 is 5.32 Å². The molecule has 4 heteroatoms. The molecule has 4 nitrogen and oxygen atoms in total. The topological polar surface area (TPSA) is 54.9 Å². The molecule has 0 bridgehead atoms. The lowest BCUT2D eigenvalue weighted by Gasteiger charge is -2.07. The van der Waals surface area contributed by atoms with Gasteiger partial charge in [0.15, 0.2) is 0 Å². The zero-order chi connectivity index (χ0) is 18.5. The number of benzene rings is 2. The molecule has 130 valence electrons. The van der Waals surface area contributed by atoms with Crippen molar-refractivity contribution in [1.29, 1.82) is 0 Å². The lowest BCUT2D eigenvalue weighted by atomic mass is 10.00. The number of hydrogen-bond acceptors (Lipinski definition) is 3. The van der Waals surface area contributed by atoms with Crippen molar-refractivity contribution in [3.63, 3.8) is 0 Å². The SMILES string of the molecule is O=C(Nc1ccncc1)c1ccc(-c2ccc(-c3ccncc3)cc2)cc1. The van der Waals surface area contributed by atoms with Gasteiger partial charge in [-0.2, -0.15) is 0 Å². The summed E-state index contributed by atoms with van der Waals surface area (Å²) < 4.78 is 0. The van der Waals surface area contributed by atoms with Crippen molar-refractivity contribution >= 4 is 11.6 Å². The smallest absolute Gasteiger partial charge is 0.255 e. The van der Waals surface area contributed by atoms with Crippen LogP contribution in [0, 0.1) is 0 Å². The molecule has 0 saturated carbocycles. The summed E-state index contributed by atoms with van der Waals surface area (Å²) in [5.41, 5.74) is 5.80. The van der Waals surface area contributed by atoms with E-state index in [0.717, 1.165) is 27.9 Å². The lowest BCUT2D eigenvalue weighted by Crippen LogP contribution is -2.11. The number of nitrogens with zero attached hydrogens (tertiary/aromatic N) is 2. The van der Waals surface area contributed by atoms with Crippen molar-refractivity contribution in [2.75, 3.05) is 5.32 Å². The molecule has 0 aliphatic heterocycles. The minimum atomic E-state index is -0.138. The number of aromatic nitrogens is 2. The van der Waals surface area contributed by atoms with Crippen LogP contribution in [0.1, 0.15) is 10.4 Å². The summed E-state index contributed by atoms with van der Waals surface area (Å²) in [7, 11) is 0. The molecular formula is C23H17N3O. The average molecular weight is 351 g/mol. The van der Waals surface area contributed by atoms with Crippen LogP contribution in [-0.4, -0.2) is 15.9 Å². The van der Waals surface area contributed by atoms with Gasteiger partial charge in [-0.05, 0) is 58.7 Å². The van der Waals surface area contributed by atoms with Crippen molar-refractivity contribution in [2.24, 2.45) is 0 Å². The average Bonchev–Trinajstić information content (AvgIpc) is 2.75. The second-order valence-electron chi connectivity index (χ2n) is 6.08. The maximum absolute atomic E-state index is 12.3. The Morgan fingerprint density at radius 2 is 0.963 bits per heavy atom. The van der Waals surface area contributed by atoms with Crippen molar-refractivity contribution in [1.82, 2.24) is 9.97 Å². The molecule has 0 radical (unpaired) electrons. The molecule has 0 unspecified atom stereocenters. The highest BCUT2D eigenvalue weighted by Crippen LogP contribution is 2.25. The lowest BCUT2D eigenvalue weighted by molar-refractivity contribution is 0.102. The van der Waals surface area contributed by atoms with Crippen LogP contribution in [0.4, 0.5) is 5.69 Å². The fraction of sp³-hybridized carbons (Fsp3) is 0. The molecule has 0 fully saturated rings. The van der Waals surface area contributed by atoms with Gasteiger partial charge in [0.05, 0.1) is 0 Å². The van der Waals surface area contributed by atoms with Gasteiger partial charge in [-0.3, -0.25) is 14.8 Å². The molecule has 0 aliphatic carbocycles. The van der Waals surface area contributed by atoms with E-state index in [1.54, 1.807) is 36.9 Å². The van der Waals surface area contributed by atoms with Gasteiger partial charge in [0, 0.05) is 36.0 Å². The molecule has 4 aromatic rings. The largest absolute Gasteiger partial charge is 0.322 e. The number of rotatable bonds is 4. The molecular weight excluding hydrogens is 334 g/mol. The molecule has 1 amide bonds. The summed E-state index contributed by atoms with van der Waals surface area (Å²) in [6, 6.07) is 23.5. The van der Waals surface area contributed by atoms with E-state index < -0.39 is 0 Å². The van der Waals surface area contributed by atoms with E-state index in [0.29, 0.717) is 5.56 Å². The molecule has 2 aromatic heterocycles. The Kier molecular flexibility index (Phi) is 4.70. The second kappa shape index (κ2) is 7.62. The third kappa shape index (κ3) is 3.90. The van der Waals surface area contributed by atoms with Crippen LogP contribution in [0.5, 0.6) is 0 Å². The first kappa shape index (κ1) is 16.7. The molecule has 0 spiro atoms. The summed E-state index contributed by atoms with van der Waals surface area (Å²) in [6.45, 7) is 0. The van der Waals surface area contributed by atoms with E-state index in [2.05, 4.69) is 39.6 Å².